The second kappa shape index (κ2) is 46.6. The summed E-state index contributed by atoms with van der Waals surface area (Å²) in [5.74, 6) is -1.88. The maximum Gasteiger partial charge on any atom is 0.508 e. The minimum absolute atomic E-state index is 0.123. The van der Waals surface area contributed by atoms with E-state index in [0.29, 0.717) is 31.2 Å². The summed E-state index contributed by atoms with van der Waals surface area (Å²) in [5.41, 5.74) is 1.63. The maximum atomic E-state index is 17.5. The highest BCUT2D eigenvalue weighted by atomic mass is 31.2. The van der Waals surface area contributed by atoms with Crippen molar-refractivity contribution in [1.82, 2.24) is 5.32 Å². The van der Waals surface area contributed by atoms with E-state index in [1.54, 1.807) is 84.9 Å². The van der Waals surface area contributed by atoms with Gasteiger partial charge in [0, 0.05) is 17.0 Å². The molecule has 15 heteroatoms. The number of alkyl halides is 1. The molecule has 7 atom stereocenters. The van der Waals surface area contributed by atoms with E-state index in [-0.39, 0.29) is 36.7 Å². The van der Waals surface area contributed by atoms with Crippen LogP contribution in [0.2, 0.25) is 0 Å². The Kier molecular flexibility index (Phi) is 39.0. The summed E-state index contributed by atoms with van der Waals surface area (Å²) in [4.78, 5) is 56.7. The molecule has 0 saturated carbocycles. The molecule has 90 heavy (non-hydrogen) atoms. The highest BCUT2D eigenvalue weighted by molar-refractivity contribution is 7.74. The van der Waals surface area contributed by atoms with Crippen LogP contribution in [0.3, 0.4) is 0 Å². The zero-order chi connectivity index (χ0) is 64.1. The molecule has 13 nitrogen and oxygen atoms in total. The zero-order valence-corrected chi connectivity index (χ0v) is 55.9. The van der Waals surface area contributed by atoms with Gasteiger partial charge in [-0.15, -0.1) is 0 Å². The van der Waals surface area contributed by atoms with E-state index >= 15 is 8.96 Å². The molecule has 0 aromatic heterocycles. The smallest absolute Gasteiger partial charge is 0.462 e. The number of unbranched alkanes of at least 4 members (excludes halogenated alkanes) is 26. The highest BCUT2D eigenvalue weighted by Gasteiger charge is 2.53. The van der Waals surface area contributed by atoms with Crippen molar-refractivity contribution in [2.24, 2.45) is 0 Å². The Morgan fingerprint density at radius 1 is 0.489 bits per heavy atom. The third kappa shape index (κ3) is 30.8. The lowest BCUT2D eigenvalue weighted by Gasteiger charge is -2.44. The number of halogens is 1. The normalized spacial score (nSPS) is 17.3. The molecule has 1 fully saturated rings. The number of esters is 2. The molecule has 0 unspecified atom stereocenters. The number of nitrogens with one attached hydrogen (secondary N) is 1. The quantitative estimate of drug-likeness (QED) is 0.0193. The molecule has 0 aliphatic carbocycles. The van der Waals surface area contributed by atoms with Gasteiger partial charge in [0.05, 0.1) is 25.6 Å². The van der Waals surface area contributed by atoms with Crippen molar-refractivity contribution in [3.63, 3.8) is 0 Å². The molecule has 1 saturated heterocycles. The lowest BCUT2D eigenvalue weighted by molar-refractivity contribution is -0.232. The van der Waals surface area contributed by atoms with E-state index in [4.69, 9.17) is 32.9 Å². The fourth-order valence-corrected chi connectivity index (χ4v) is 13.9. The number of ether oxygens (including phenoxy) is 6. The summed E-state index contributed by atoms with van der Waals surface area (Å²) in [7, 11) is -4.25. The topological polar surface area (TPSA) is 162 Å². The maximum absolute atomic E-state index is 17.5. The van der Waals surface area contributed by atoms with Crippen molar-refractivity contribution in [3.05, 3.63) is 132 Å². The summed E-state index contributed by atoms with van der Waals surface area (Å²) in [6.07, 6.45) is 22.8. The van der Waals surface area contributed by atoms with Crippen molar-refractivity contribution in [2.75, 3.05) is 6.61 Å². The van der Waals surface area contributed by atoms with Gasteiger partial charge in [0.1, 0.15) is 37.6 Å². The van der Waals surface area contributed by atoms with Gasteiger partial charge in [0.15, 0.2) is 6.10 Å². The SMILES string of the molecule is CCCCCCCCCCCCCC(=O)O[C@H](CCCCCCCCCCC)CC(=O)O[C@@H]1[C@@H](NC(=O)C[C@H](CCCCCCCCCCC)OCc2ccccc2)[C@@H](F)O[C@H](COC(=O)OCc2ccccc2)[C@H]1OP(=O)(c1ccccc1)c1ccccc1. The predicted molar refractivity (Wildman–Crippen MR) is 358 cm³/mol. The summed E-state index contributed by atoms with van der Waals surface area (Å²) in [6.45, 7) is 6.08. The summed E-state index contributed by atoms with van der Waals surface area (Å²) >= 11 is 0. The van der Waals surface area contributed by atoms with E-state index in [1.807, 2.05) is 36.4 Å². The number of hydrogen-bond donors (Lipinski definition) is 1. The van der Waals surface area contributed by atoms with E-state index in [1.165, 1.54) is 103 Å². The minimum atomic E-state index is -4.25. The predicted octanol–water partition coefficient (Wildman–Crippen LogP) is 18.6. The van der Waals surface area contributed by atoms with Crippen molar-refractivity contribution in [2.45, 2.75) is 295 Å². The van der Waals surface area contributed by atoms with Crippen LogP contribution >= 0.6 is 7.37 Å². The number of carbonyl (C=O) groups is 4. The Morgan fingerprint density at radius 3 is 1.39 bits per heavy atom. The van der Waals surface area contributed by atoms with E-state index in [0.717, 1.165) is 76.2 Å². The Hall–Kier alpha value is -5.40. The Balaban J connectivity index is 1.44. The molecule has 1 amide bonds. The number of carbonyl (C=O) groups excluding carboxylic acids is 4. The monoisotopic (exact) mass is 1270 g/mol. The zero-order valence-electron chi connectivity index (χ0n) is 55.0. The molecule has 4 aromatic carbocycles. The van der Waals surface area contributed by atoms with Crippen LogP contribution in [-0.2, 0) is 65.1 Å². The lowest BCUT2D eigenvalue weighted by atomic mass is 9.96. The molecule has 0 bridgehead atoms. The van der Waals surface area contributed by atoms with Crippen LogP contribution in [0.4, 0.5) is 9.18 Å². The Labute approximate surface area is 540 Å². The van der Waals surface area contributed by atoms with Gasteiger partial charge in [0.2, 0.25) is 12.3 Å². The summed E-state index contributed by atoms with van der Waals surface area (Å²) in [5, 5.41) is 3.37. The van der Waals surface area contributed by atoms with Crippen LogP contribution in [0.25, 0.3) is 0 Å². The van der Waals surface area contributed by atoms with Crippen LogP contribution in [0, 0.1) is 0 Å². The van der Waals surface area contributed by atoms with E-state index in [2.05, 4.69) is 26.1 Å². The van der Waals surface area contributed by atoms with Crippen LogP contribution in [0.1, 0.15) is 250 Å². The average Bonchev–Trinajstić information content (AvgIpc) is 0.869. The molecule has 1 aliphatic heterocycles. The third-order valence-corrected chi connectivity index (χ3v) is 19.4. The average molecular weight is 1270 g/mol. The Bertz CT molecular complexity index is 2500. The second-order valence-corrected chi connectivity index (χ2v) is 27.0. The van der Waals surface area contributed by atoms with Crippen molar-refractivity contribution in [1.29, 1.82) is 0 Å². The first-order valence-electron chi connectivity index (χ1n) is 34.9. The van der Waals surface area contributed by atoms with Gasteiger partial charge < -0.3 is 38.3 Å². The number of hydrogen-bond acceptors (Lipinski definition) is 12. The first kappa shape index (κ1) is 75.3. The van der Waals surface area contributed by atoms with Crippen LogP contribution in [0.5, 0.6) is 0 Å². The molecule has 1 N–H and O–H groups in total. The molecule has 4 aromatic rings. The van der Waals surface area contributed by atoms with Crippen LogP contribution in [-0.4, -0.2) is 73.5 Å². The number of rotatable bonds is 50. The minimum Gasteiger partial charge on any atom is -0.462 e. The molecule has 0 radical (unpaired) electrons. The van der Waals surface area contributed by atoms with E-state index in [9.17, 15) is 19.2 Å². The molecule has 500 valence electrons. The van der Waals surface area contributed by atoms with Crippen molar-refractivity contribution in [3.8, 4) is 0 Å². The van der Waals surface area contributed by atoms with Crippen LogP contribution < -0.4 is 15.9 Å². The van der Waals surface area contributed by atoms with Gasteiger partial charge in [-0.3, -0.25) is 18.9 Å². The Morgan fingerprint density at radius 2 is 0.911 bits per heavy atom. The van der Waals surface area contributed by atoms with Crippen molar-refractivity contribution >= 4 is 42.0 Å². The third-order valence-electron chi connectivity index (χ3n) is 16.9. The van der Waals surface area contributed by atoms with Gasteiger partial charge in [-0.25, -0.2) is 9.18 Å². The largest absolute Gasteiger partial charge is 0.508 e. The summed E-state index contributed by atoms with van der Waals surface area (Å²) < 4.78 is 76.6. The standard InChI is InChI=1S/C75H111FNO12P/c1-4-7-10-13-16-19-20-23-26-29-44-55-69(79)86-64(50-39-28-25-22-18-15-12-9-6-3)57-70(80)88-73-71(77-68(78)56-63(83-58-61-45-34-30-35-46-61)49-38-27-24-21-17-14-11-8-5-2)74(76)87-67(60-85-75(81)84-59-62-47-36-31-37-48-62)72(73)89-90(82,65-51-40-32-41-52-65)66-53-42-33-43-54-66/h30-37,40-43,45-48,51-54,63-64,67,71-74H,4-29,38-39,44,49-50,55-60H2,1-3H3,(H,77,78)/t63-,64+,67+,71+,72+,73+,74-/m0/s1. The number of benzene rings is 4. The van der Waals surface area contributed by atoms with Gasteiger partial charge in [-0.1, -0.05) is 291 Å². The highest BCUT2D eigenvalue weighted by Crippen LogP contribution is 2.49. The second-order valence-electron chi connectivity index (χ2n) is 24.7. The first-order valence-corrected chi connectivity index (χ1v) is 36.5. The lowest BCUT2D eigenvalue weighted by Crippen LogP contribution is -2.65. The molecule has 1 heterocycles. The van der Waals surface area contributed by atoms with Gasteiger partial charge in [0.25, 0.3) is 7.37 Å². The first-order chi connectivity index (χ1) is 44.0. The van der Waals surface area contributed by atoms with E-state index < -0.39 is 87.3 Å². The number of amides is 1. The van der Waals surface area contributed by atoms with Gasteiger partial charge >= 0.3 is 18.1 Å². The fraction of sp³-hybridized carbons (Fsp3) is 0.627. The molecule has 0 spiro atoms. The molecular weight excluding hydrogens is 1160 g/mol. The molecule has 5 rings (SSSR count). The van der Waals surface area contributed by atoms with Crippen molar-refractivity contribution < 1.29 is 61.1 Å². The fourth-order valence-electron chi connectivity index (χ4n) is 11.7. The van der Waals surface area contributed by atoms with Gasteiger partial charge in [-0.05, 0) is 61.1 Å². The molecule has 1 aliphatic rings. The molecular formula is C75H111FNO12P. The van der Waals surface area contributed by atoms with Crippen LogP contribution in [0.15, 0.2) is 121 Å². The van der Waals surface area contributed by atoms with Gasteiger partial charge in [-0.2, -0.15) is 0 Å². The summed E-state index contributed by atoms with van der Waals surface area (Å²) in [6, 6.07) is 33.9.